The number of fused-ring (bicyclic) bond motifs is 1. The summed E-state index contributed by atoms with van der Waals surface area (Å²) in [5.41, 5.74) is 4.74. The zero-order valence-corrected chi connectivity index (χ0v) is 11.9. The molecule has 0 bridgehead atoms. The number of hydrogen-bond donors (Lipinski definition) is 1. The summed E-state index contributed by atoms with van der Waals surface area (Å²) in [4.78, 5) is 16.5. The standard InChI is InChI=1S/C15H21N3O/c1-10-6-11(2)14(12(3)7-10)18-9-13-8-16-4-5-17(13)15(18)19/h6-7,13,16H,4-5,8-9H2,1-3H3. The topological polar surface area (TPSA) is 35.6 Å². The average molecular weight is 259 g/mol. The van der Waals surface area contributed by atoms with E-state index in [4.69, 9.17) is 0 Å². The maximum absolute atomic E-state index is 12.6. The minimum absolute atomic E-state index is 0.168. The van der Waals surface area contributed by atoms with Gasteiger partial charge in [0.05, 0.1) is 11.7 Å². The lowest BCUT2D eigenvalue weighted by Crippen LogP contribution is -2.49. The molecular weight excluding hydrogens is 238 g/mol. The summed E-state index contributed by atoms with van der Waals surface area (Å²) >= 11 is 0. The van der Waals surface area contributed by atoms with Gasteiger partial charge >= 0.3 is 6.03 Å². The van der Waals surface area contributed by atoms with Crippen LogP contribution in [0, 0.1) is 20.8 Å². The summed E-state index contributed by atoms with van der Waals surface area (Å²) in [7, 11) is 0. The molecule has 2 heterocycles. The second-order valence-electron chi connectivity index (χ2n) is 5.69. The van der Waals surface area contributed by atoms with Gasteiger partial charge in [-0.2, -0.15) is 0 Å². The van der Waals surface area contributed by atoms with E-state index in [1.165, 1.54) is 16.7 Å². The Balaban J connectivity index is 1.97. The van der Waals surface area contributed by atoms with Crippen LogP contribution in [0.4, 0.5) is 10.5 Å². The highest BCUT2D eigenvalue weighted by atomic mass is 16.2. The Bertz CT molecular complexity index is 503. The fourth-order valence-corrected chi connectivity index (χ4v) is 3.40. The van der Waals surface area contributed by atoms with Crippen LogP contribution >= 0.6 is 0 Å². The van der Waals surface area contributed by atoms with Gasteiger partial charge in [0.2, 0.25) is 0 Å². The number of rotatable bonds is 1. The Morgan fingerprint density at radius 1 is 1.21 bits per heavy atom. The molecule has 1 aromatic carbocycles. The van der Waals surface area contributed by atoms with Crippen LogP contribution in [0.15, 0.2) is 12.1 Å². The van der Waals surface area contributed by atoms with E-state index in [9.17, 15) is 4.79 Å². The molecule has 0 radical (unpaired) electrons. The van der Waals surface area contributed by atoms with Gasteiger partial charge in [0.1, 0.15) is 0 Å². The number of urea groups is 1. The SMILES string of the molecule is Cc1cc(C)c(N2CC3CNCCN3C2=O)c(C)c1. The average Bonchev–Trinajstić information content (AvgIpc) is 2.66. The van der Waals surface area contributed by atoms with Gasteiger partial charge in [0.15, 0.2) is 0 Å². The fraction of sp³-hybridized carbons (Fsp3) is 0.533. The van der Waals surface area contributed by atoms with Crippen molar-refractivity contribution in [1.82, 2.24) is 10.2 Å². The van der Waals surface area contributed by atoms with Gasteiger partial charge in [-0.1, -0.05) is 17.7 Å². The van der Waals surface area contributed by atoms with Gasteiger partial charge in [-0.25, -0.2) is 4.79 Å². The van der Waals surface area contributed by atoms with Crippen molar-refractivity contribution in [2.75, 3.05) is 31.1 Å². The molecule has 2 saturated heterocycles. The van der Waals surface area contributed by atoms with Crippen molar-refractivity contribution in [3.05, 3.63) is 28.8 Å². The van der Waals surface area contributed by atoms with Gasteiger partial charge in [-0.15, -0.1) is 0 Å². The second kappa shape index (κ2) is 4.53. The van der Waals surface area contributed by atoms with Gasteiger partial charge in [-0.05, 0) is 31.9 Å². The molecule has 2 aliphatic rings. The van der Waals surface area contributed by atoms with Crippen LogP contribution in [0.3, 0.4) is 0 Å². The number of nitrogens with one attached hydrogen (secondary N) is 1. The summed E-state index contributed by atoms with van der Waals surface area (Å²) in [6.45, 7) is 9.73. The van der Waals surface area contributed by atoms with E-state index in [0.717, 1.165) is 31.9 Å². The van der Waals surface area contributed by atoms with Gasteiger partial charge in [-0.3, -0.25) is 4.90 Å². The third kappa shape index (κ3) is 2.00. The Morgan fingerprint density at radius 3 is 2.53 bits per heavy atom. The number of benzene rings is 1. The smallest absolute Gasteiger partial charge is 0.317 e. The summed E-state index contributed by atoms with van der Waals surface area (Å²) < 4.78 is 0. The number of nitrogens with zero attached hydrogens (tertiary/aromatic N) is 2. The molecule has 3 rings (SSSR count). The third-order valence-corrected chi connectivity index (χ3v) is 4.13. The molecule has 1 N–H and O–H groups in total. The molecule has 1 atom stereocenters. The van der Waals surface area contributed by atoms with Crippen LogP contribution in [0.1, 0.15) is 16.7 Å². The molecule has 2 fully saturated rings. The van der Waals surface area contributed by atoms with Crippen LogP contribution in [-0.4, -0.2) is 43.2 Å². The van der Waals surface area contributed by atoms with E-state index in [2.05, 4.69) is 38.2 Å². The summed E-state index contributed by atoms with van der Waals surface area (Å²) in [6, 6.07) is 4.80. The zero-order chi connectivity index (χ0) is 13.6. The molecule has 102 valence electrons. The first-order valence-corrected chi connectivity index (χ1v) is 6.94. The lowest BCUT2D eigenvalue weighted by atomic mass is 10.0. The van der Waals surface area contributed by atoms with Gasteiger partial charge < -0.3 is 10.2 Å². The molecule has 2 aliphatic heterocycles. The van der Waals surface area contributed by atoms with Crippen molar-refractivity contribution in [2.45, 2.75) is 26.8 Å². The zero-order valence-electron chi connectivity index (χ0n) is 11.9. The normalized spacial score (nSPS) is 22.9. The Labute approximate surface area is 114 Å². The van der Waals surface area contributed by atoms with E-state index in [0.29, 0.717) is 6.04 Å². The monoisotopic (exact) mass is 259 g/mol. The van der Waals surface area contributed by atoms with Crippen molar-refractivity contribution in [1.29, 1.82) is 0 Å². The molecule has 0 aliphatic carbocycles. The molecule has 2 amide bonds. The lowest BCUT2D eigenvalue weighted by molar-refractivity contribution is 0.193. The summed E-state index contributed by atoms with van der Waals surface area (Å²) in [5, 5.41) is 3.37. The highest BCUT2D eigenvalue weighted by molar-refractivity contribution is 5.96. The lowest BCUT2D eigenvalue weighted by Gasteiger charge is -2.28. The minimum atomic E-state index is 0.168. The van der Waals surface area contributed by atoms with E-state index < -0.39 is 0 Å². The van der Waals surface area contributed by atoms with Crippen LogP contribution < -0.4 is 10.2 Å². The Hall–Kier alpha value is -1.55. The largest absolute Gasteiger partial charge is 0.324 e. The number of carbonyl (C=O) groups is 1. The number of piperazine rings is 1. The predicted molar refractivity (Wildman–Crippen MR) is 76.8 cm³/mol. The molecule has 4 nitrogen and oxygen atoms in total. The Kier molecular flexibility index (Phi) is 2.97. The predicted octanol–water partition coefficient (Wildman–Crippen LogP) is 1.83. The van der Waals surface area contributed by atoms with Crippen molar-refractivity contribution in [2.24, 2.45) is 0 Å². The van der Waals surface area contributed by atoms with Crippen LogP contribution in [-0.2, 0) is 0 Å². The first kappa shape index (κ1) is 12.5. The second-order valence-corrected chi connectivity index (χ2v) is 5.69. The molecule has 4 heteroatoms. The first-order valence-electron chi connectivity index (χ1n) is 6.94. The van der Waals surface area contributed by atoms with E-state index in [-0.39, 0.29) is 6.03 Å². The van der Waals surface area contributed by atoms with Crippen molar-refractivity contribution >= 4 is 11.7 Å². The van der Waals surface area contributed by atoms with Crippen molar-refractivity contribution < 1.29 is 4.79 Å². The molecular formula is C15H21N3O. The number of aryl methyl sites for hydroxylation is 3. The quantitative estimate of drug-likeness (QED) is 0.835. The minimum Gasteiger partial charge on any atom is -0.317 e. The van der Waals surface area contributed by atoms with Crippen LogP contribution in [0.5, 0.6) is 0 Å². The molecule has 19 heavy (non-hydrogen) atoms. The van der Waals surface area contributed by atoms with E-state index >= 15 is 0 Å². The van der Waals surface area contributed by atoms with E-state index in [1.807, 2.05) is 9.80 Å². The first-order chi connectivity index (χ1) is 9.08. The van der Waals surface area contributed by atoms with Crippen molar-refractivity contribution in [3.8, 4) is 0 Å². The fourth-order valence-electron chi connectivity index (χ4n) is 3.40. The molecule has 1 aromatic rings. The molecule has 1 unspecified atom stereocenters. The highest BCUT2D eigenvalue weighted by Crippen LogP contribution is 2.31. The third-order valence-electron chi connectivity index (χ3n) is 4.13. The van der Waals surface area contributed by atoms with Gasteiger partial charge in [0, 0.05) is 26.2 Å². The molecule has 0 aromatic heterocycles. The number of carbonyl (C=O) groups excluding carboxylic acids is 1. The van der Waals surface area contributed by atoms with Crippen molar-refractivity contribution in [3.63, 3.8) is 0 Å². The van der Waals surface area contributed by atoms with Crippen LogP contribution in [0.2, 0.25) is 0 Å². The summed E-state index contributed by atoms with van der Waals surface area (Å²) in [5.74, 6) is 0. The highest BCUT2D eigenvalue weighted by Gasteiger charge is 2.39. The Morgan fingerprint density at radius 2 is 1.89 bits per heavy atom. The number of anilines is 1. The maximum Gasteiger partial charge on any atom is 0.324 e. The van der Waals surface area contributed by atoms with Gasteiger partial charge in [0.25, 0.3) is 0 Å². The summed E-state index contributed by atoms with van der Waals surface area (Å²) in [6.07, 6.45) is 0. The molecule has 0 spiro atoms. The maximum atomic E-state index is 12.6. The number of amides is 2. The number of hydrogen-bond acceptors (Lipinski definition) is 2. The molecule has 0 saturated carbocycles. The van der Waals surface area contributed by atoms with Crippen LogP contribution in [0.25, 0.3) is 0 Å². The van der Waals surface area contributed by atoms with E-state index in [1.54, 1.807) is 0 Å².